The summed E-state index contributed by atoms with van der Waals surface area (Å²) >= 11 is 0. The van der Waals surface area contributed by atoms with Gasteiger partial charge in [-0.15, -0.1) is 0 Å². The Morgan fingerprint density at radius 3 is 2.75 bits per heavy atom. The Hall–Kier alpha value is -2.77. The minimum absolute atomic E-state index is 0.0888. The second kappa shape index (κ2) is 11.1. The van der Waals surface area contributed by atoms with Gasteiger partial charge in [-0.1, -0.05) is 19.3 Å². The molecule has 0 unspecified atom stereocenters. The second-order valence-electron chi connectivity index (χ2n) is 10.5. The third kappa shape index (κ3) is 5.32. The SMILES string of the molecule is CN[C@@H](C)C(=O)N[C@H](CN1CCC[C@H]1c1ccnc(-n2ccc3cc(F)ccc32)c1)C1CCCCC1. The van der Waals surface area contributed by atoms with Crippen LogP contribution in [-0.2, 0) is 4.79 Å². The van der Waals surface area contributed by atoms with Crippen LogP contribution in [0, 0.1) is 11.7 Å². The normalized spacial score (nSPS) is 21.0. The number of carbonyl (C=O) groups is 1. The molecule has 0 radical (unpaired) electrons. The van der Waals surface area contributed by atoms with E-state index in [-0.39, 0.29) is 23.8 Å². The fourth-order valence-corrected chi connectivity index (χ4v) is 6.05. The Morgan fingerprint density at radius 2 is 1.94 bits per heavy atom. The van der Waals surface area contributed by atoms with Gasteiger partial charge in [0.15, 0.2) is 0 Å². The van der Waals surface area contributed by atoms with Crippen LogP contribution in [0.1, 0.15) is 63.5 Å². The molecule has 0 spiro atoms. The summed E-state index contributed by atoms with van der Waals surface area (Å²) < 4.78 is 15.7. The standard InChI is InChI=1S/C29H38FN5O/c1-20(31-2)29(36)33-25(21-7-4-3-5-8-21)19-34-15-6-9-26(34)22-12-14-32-28(18-22)35-16-13-23-17-24(30)10-11-27(23)35/h10-14,16-18,20-21,25-26,31H,3-9,15,19H2,1-2H3,(H,33,36)/t20-,25+,26-/m0/s1. The monoisotopic (exact) mass is 491 g/mol. The third-order valence-corrected chi connectivity index (χ3v) is 8.22. The largest absolute Gasteiger partial charge is 0.350 e. The zero-order valence-electron chi connectivity index (χ0n) is 21.4. The van der Waals surface area contributed by atoms with Crippen LogP contribution >= 0.6 is 0 Å². The van der Waals surface area contributed by atoms with Gasteiger partial charge in [0.25, 0.3) is 0 Å². The van der Waals surface area contributed by atoms with Gasteiger partial charge in [-0.25, -0.2) is 9.37 Å². The quantitative estimate of drug-likeness (QED) is 0.467. The second-order valence-corrected chi connectivity index (χ2v) is 10.5. The van der Waals surface area contributed by atoms with Gasteiger partial charge in [-0.2, -0.15) is 0 Å². The van der Waals surface area contributed by atoms with E-state index in [0.29, 0.717) is 12.0 Å². The van der Waals surface area contributed by atoms with E-state index in [1.807, 2.05) is 43.1 Å². The summed E-state index contributed by atoms with van der Waals surface area (Å²) in [5.74, 6) is 1.24. The Bertz CT molecular complexity index is 1190. The number of halogens is 1. The molecular weight excluding hydrogens is 453 g/mol. The lowest BCUT2D eigenvalue weighted by molar-refractivity contribution is -0.124. The molecule has 2 fully saturated rings. The smallest absolute Gasteiger partial charge is 0.237 e. The topological polar surface area (TPSA) is 62.2 Å². The lowest BCUT2D eigenvalue weighted by Crippen LogP contribution is -2.52. The van der Waals surface area contributed by atoms with Crippen LogP contribution in [0.5, 0.6) is 0 Å². The van der Waals surface area contributed by atoms with Crippen LogP contribution in [0.15, 0.2) is 48.8 Å². The molecule has 36 heavy (non-hydrogen) atoms. The summed E-state index contributed by atoms with van der Waals surface area (Å²) in [6, 6.07) is 11.4. The van der Waals surface area contributed by atoms with E-state index in [1.165, 1.54) is 43.7 Å². The number of likely N-dealkylation sites (tertiary alicyclic amines) is 1. The van der Waals surface area contributed by atoms with Gasteiger partial charge in [-0.3, -0.25) is 9.69 Å². The molecule has 1 amide bonds. The van der Waals surface area contributed by atoms with Crippen molar-refractivity contribution in [3.8, 4) is 5.82 Å². The maximum atomic E-state index is 13.7. The maximum Gasteiger partial charge on any atom is 0.237 e. The minimum Gasteiger partial charge on any atom is -0.350 e. The van der Waals surface area contributed by atoms with E-state index in [4.69, 9.17) is 0 Å². The van der Waals surface area contributed by atoms with E-state index in [2.05, 4.69) is 32.7 Å². The number of hydrogen-bond acceptors (Lipinski definition) is 4. The van der Waals surface area contributed by atoms with Crippen LogP contribution in [0.25, 0.3) is 16.7 Å². The molecule has 7 heteroatoms. The van der Waals surface area contributed by atoms with Gasteiger partial charge in [0, 0.05) is 36.4 Å². The summed E-state index contributed by atoms with van der Waals surface area (Å²) in [6.07, 6.45) is 12.3. The zero-order valence-corrected chi connectivity index (χ0v) is 21.4. The number of aromatic nitrogens is 2. The first-order chi connectivity index (χ1) is 17.5. The van der Waals surface area contributed by atoms with Gasteiger partial charge < -0.3 is 15.2 Å². The van der Waals surface area contributed by atoms with E-state index in [0.717, 1.165) is 42.7 Å². The van der Waals surface area contributed by atoms with Crippen molar-refractivity contribution >= 4 is 16.8 Å². The molecule has 3 atom stereocenters. The highest BCUT2D eigenvalue weighted by Crippen LogP contribution is 2.35. The van der Waals surface area contributed by atoms with Crippen LogP contribution < -0.4 is 10.6 Å². The van der Waals surface area contributed by atoms with Crippen molar-refractivity contribution in [3.05, 3.63) is 60.2 Å². The van der Waals surface area contributed by atoms with Gasteiger partial charge in [-0.05, 0) is 94.1 Å². The maximum absolute atomic E-state index is 13.7. The third-order valence-electron chi connectivity index (χ3n) is 8.22. The molecule has 3 aromatic rings. The van der Waals surface area contributed by atoms with Crippen LogP contribution in [0.4, 0.5) is 4.39 Å². The average Bonchev–Trinajstić information content (AvgIpc) is 3.55. The van der Waals surface area contributed by atoms with Crippen molar-refractivity contribution in [2.75, 3.05) is 20.1 Å². The lowest BCUT2D eigenvalue weighted by atomic mass is 9.83. The van der Waals surface area contributed by atoms with Crippen molar-refractivity contribution in [1.29, 1.82) is 0 Å². The van der Waals surface area contributed by atoms with Gasteiger partial charge >= 0.3 is 0 Å². The van der Waals surface area contributed by atoms with Gasteiger partial charge in [0.1, 0.15) is 11.6 Å². The van der Waals surface area contributed by atoms with Crippen molar-refractivity contribution < 1.29 is 9.18 Å². The lowest BCUT2D eigenvalue weighted by Gasteiger charge is -2.36. The number of fused-ring (bicyclic) bond motifs is 1. The predicted molar refractivity (Wildman–Crippen MR) is 142 cm³/mol. The Balaban J connectivity index is 1.37. The predicted octanol–water partition coefficient (Wildman–Crippen LogP) is 4.97. The highest BCUT2D eigenvalue weighted by atomic mass is 19.1. The number of amides is 1. The van der Waals surface area contributed by atoms with Crippen LogP contribution in [0.2, 0.25) is 0 Å². The fraction of sp³-hybridized carbons (Fsp3) is 0.517. The minimum atomic E-state index is -0.229. The molecule has 1 aliphatic heterocycles. The first-order valence-electron chi connectivity index (χ1n) is 13.5. The Labute approximate surface area is 213 Å². The molecule has 2 N–H and O–H groups in total. The number of pyridine rings is 1. The summed E-state index contributed by atoms with van der Waals surface area (Å²) in [4.78, 5) is 20.0. The van der Waals surface area contributed by atoms with Crippen molar-refractivity contribution in [3.63, 3.8) is 0 Å². The van der Waals surface area contributed by atoms with Gasteiger partial charge in [0.05, 0.1) is 11.6 Å². The number of nitrogens with zero attached hydrogens (tertiary/aromatic N) is 3. The average molecular weight is 492 g/mol. The number of nitrogens with one attached hydrogen (secondary N) is 2. The van der Waals surface area contributed by atoms with Crippen molar-refractivity contribution in [2.24, 2.45) is 5.92 Å². The van der Waals surface area contributed by atoms with Crippen LogP contribution in [-0.4, -0.2) is 52.6 Å². The van der Waals surface area contributed by atoms with Crippen molar-refractivity contribution in [1.82, 2.24) is 25.1 Å². The molecule has 5 rings (SSSR count). The molecule has 1 aromatic carbocycles. The molecule has 0 bridgehead atoms. The van der Waals surface area contributed by atoms with E-state index in [1.54, 1.807) is 6.07 Å². The van der Waals surface area contributed by atoms with E-state index >= 15 is 0 Å². The summed E-state index contributed by atoms with van der Waals surface area (Å²) in [5.41, 5.74) is 2.20. The summed E-state index contributed by atoms with van der Waals surface area (Å²) in [5, 5.41) is 7.35. The summed E-state index contributed by atoms with van der Waals surface area (Å²) in [7, 11) is 1.84. The number of hydrogen-bond donors (Lipinski definition) is 2. The highest BCUT2D eigenvalue weighted by Gasteiger charge is 2.33. The number of benzene rings is 1. The zero-order chi connectivity index (χ0) is 25.1. The Kier molecular flexibility index (Phi) is 7.67. The first kappa shape index (κ1) is 24.9. The summed E-state index contributed by atoms with van der Waals surface area (Å²) in [6.45, 7) is 3.83. The molecule has 1 saturated heterocycles. The van der Waals surface area contributed by atoms with Gasteiger partial charge in [0.2, 0.25) is 5.91 Å². The molecule has 3 heterocycles. The molecule has 1 aliphatic carbocycles. The first-order valence-corrected chi connectivity index (χ1v) is 13.5. The molecule has 192 valence electrons. The van der Waals surface area contributed by atoms with Crippen molar-refractivity contribution in [2.45, 2.75) is 70.0 Å². The molecule has 2 aromatic heterocycles. The molecular formula is C29H38FN5O. The number of carbonyl (C=O) groups excluding carboxylic acids is 1. The Morgan fingerprint density at radius 1 is 1.11 bits per heavy atom. The van der Waals surface area contributed by atoms with E-state index in [9.17, 15) is 9.18 Å². The van der Waals surface area contributed by atoms with Crippen LogP contribution in [0.3, 0.4) is 0 Å². The molecule has 6 nitrogen and oxygen atoms in total. The number of rotatable bonds is 8. The fourth-order valence-electron chi connectivity index (χ4n) is 6.05. The van der Waals surface area contributed by atoms with E-state index < -0.39 is 0 Å². The molecule has 1 saturated carbocycles. The highest BCUT2D eigenvalue weighted by molar-refractivity contribution is 5.82. The molecule has 2 aliphatic rings. The number of likely N-dealkylation sites (N-methyl/N-ethyl adjacent to an activating group) is 1.